The number of aromatic nitrogens is 4. The van der Waals surface area contributed by atoms with Crippen molar-refractivity contribution in [2.24, 2.45) is 0 Å². The minimum Gasteiger partial charge on any atom is -0.383 e. The van der Waals surface area contributed by atoms with E-state index in [4.69, 9.17) is 10.8 Å². The number of nitrogens with zero attached hydrogens (tertiary/aromatic N) is 5. The van der Waals surface area contributed by atoms with Crippen molar-refractivity contribution in [1.82, 2.24) is 24.6 Å². The number of anilines is 2. The van der Waals surface area contributed by atoms with Gasteiger partial charge in [0, 0.05) is 30.9 Å². The minimum atomic E-state index is -0.0668. The van der Waals surface area contributed by atoms with Gasteiger partial charge in [0.05, 0.1) is 11.4 Å². The lowest BCUT2D eigenvalue weighted by Crippen LogP contribution is -2.45. The molecule has 2 aromatic heterocycles. The SMILES string of the molecule is C=CC(=O)N(C)C1CC(n2nc(-c3ccc(CNc4ccccc4)cc3)c3c(N)ncnc32)C1. The highest BCUT2D eigenvalue weighted by atomic mass is 16.2. The van der Waals surface area contributed by atoms with E-state index in [2.05, 4.69) is 46.1 Å². The van der Waals surface area contributed by atoms with Crippen molar-refractivity contribution in [3.63, 3.8) is 0 Å². The molecule has 1 fully saturated rings. The van der Waals surface area contributed by atoms with E-state index < -0.39 is 0 Å². The molecule has 5 rings (SSSR count). The average Bonchev–Trinajstić information content (AvgIpc) is 3.23. The molecule has 0 bridgehead atoms. The van der Waals surface area contributed by atoms with Gasteiger partial charge < -0.3 is 16.0 Å². The van der Waals surface area contributed by atoms with Crippen LogP contribution >= 0.6 is 0 Å². The Kier molecular flexibility index (Phi) is 5.71. The summed E-state index contributed by atoms with van der Waals surface area (Å²) in [4.78, 5) is 22.4. The van der Waals surface area contributed by atoms with E-state index in [1.165, 1.54) is 12.4 Å². The van der Waals surface area contributed by atoms with E-state index in [0.717, 1.165) is 52.9 Å². The van der Waals surface area contributed by atoms with E-state index in [0.29, 0.717) is 5.82 Å². The van der Waals surface area contributed by atoms with E-state index >= 15 is 0 Å². The number of rotatable bonds is 7. The highest BCUT2D eigenvalue weighted by Crippen LogP contribution is 2.39. The van der Waals surface area contributed by atoms with Crippen LogP contribution in [0, 0.1) is 0 Å². The number of nitrogen functional groups attached to an aromatic ring is 1. The number of hydrogen-bond donors (Lipinski definition) is 2. The standard InChI is InChI=1S/C26H27N7O/c1-3-22(34)32(2)20-13-21(14-20)33-26-23(25(27)29-16-30-26)24(31-33)18-11-9-17(10-12-18)15-28-19-7-5-4-6-8-19/h3-12,16,20-21,28H,1,13-15H2,2H3,(H2,27,29,30). The van der Waals surface area contributed by atoms with E-state index in [-0.39, 0.29) is 18.0 Å². The Morgan fingerprint density at radius 3 is 2.62 bits per heavy atom. The molecule has 2 heterocycles. The smallest absolute Gasteiger partial charge is 0.245 e. The second-order valence-corrected chi connectivity index (χ2v) is 8.60. The number of likely N-dealkylation sites (N-methyl/N-ethyl adjacent to an activating group) is 1. The molecule has 172 valence electrons. The third-order valence-electron chi connectivity index (χ3n) is 6.52. The van der Waals surface area contributed by atoms with Gasteiger partial charge in [-0.25, -0.2) is 14.6 Å². The number of amides is 1. The van der Waals surface area contributed by atoms with Gasteiger partial charge in [0.25, 0.3) is 0 Å². The van der Waals surface area contributed by atoms with Crippen LogP contribution in [-0.2, 0) is 11.3 Å². The summed E-state index contributed by atoms with van der Waals surface area (Å²) in [5.41, 5.74) is 11.0. The lowest BCUT2D eigenvalue weighted by molar-refractivity contribution is -0.129. The topological polar surface area (TPSA) is 102 Å². The second kappa shape index (κ2) is 8.97. The third-order valence-corrected chi connectivity index (χ3v) is 6.52. The summed E-state index contributed by atoms with van der Waals surface area (Å²) in [6.07, 6.45) is 4.43. The minimum absolute atomic E-state index is 0.0668. The Morgan fingerprint density at radius 1 is 1.18 bits per heavy atom. The van der Waals surface area contributed by atoms with Gasteiger partial charge in [0.1, 0.15) is 17.8 Å². The molecule has 1 aliphatic carbocycles. The highest BCUT2D eigenvalue weighted by molar-refractivity contribution is 5.98. The predicted molar refractivity (Wildman–Crippen MR) is 134 cm³/mol. The van der Waals surface area contributed by atoms with Crippen molar-refractivity contribution in [2.75, 3.05) is 18.1 Å². The molecule has 8 nitrogen and oxygen atoms in total. The first-order valence-corrected chi connectivity index (χ1v) is 11.3. The van der Waals surface area contributed by atoms with Gasteiger partial charge in [-0.05, 0) is 36.6 Å². The Morgan fingerprint density at radius 2 is 1.91 bits per heavy atom. The quantitative estimate of drug-likeness (QED) is 0.410. The maximum absolute atomic E-state index is 11.9. The molecule has 1 saturated carbocycles. The van der Waals surface area contributed by atoms with Crippen LogP contribution in [0.1, 0.15) is 24.4 Å². The van der Waals surface area contributed by atoms with Crippen LogP contribution < -0.4 is 11.1 Å². The summed E-state index contributed by atoms with van der Waals surface area (Å²) >= 11 is 0. The highest BCUT2D eigenvalue weighted by Gasteiger charge is 2.37. The van der Waals surface area contributed by atoms with Crippen LogP contribution in [0.2, 0.25) is 0 Å². The monoisotopic (exact) mass is 453 g/mol. The number of nitrogens with two attached hydrogens (primary N) is 1. The summed E-state index contributed by atoms with van der Waals surface area (Å²) in [5, 5.41) is 9.10. The molecule has 4 aromatic rings. The van der Waals surface area contributed by atoms with Crippen LogP contribution in [0.5, 0.6) is 0 Å². The van der Waals surface area contributed by atoms with Crippen LogP contribution in [0.15, 0.2) is 73.6 Å². The Labute approximate surface area is 198 Å². The van der Waals surface area contributed by atoms with Gasteiger partial charge in [0.2, 0.25) is 5.91 Å². The summed E-state index contributed by atoms with van der Waals surface area (Å²) < 4.78 is 1.94. The first kappa shape index (κ1) is 21.6. The molecule has 1 amide bonds. The van der Waals surface area contributed by atoms with Crippen molar-refractivity contribution in [2.45, 2.75) is 31.5 Å². The predicted octanol–water partition coefficient (Wildman–Crippen LogP) is 4.04. The normalized spacial score (nSPS) is 17.2. The number of para-hydroxylation sites is 1. The van der Waals surface area contributed by atoms with Crippen molar-refractivity contribution >= 4 is 28.4 Å². The molecular weight excluding hydrogens is 426 g/mol. The zero-order valence-corrected chi connectivity index (χ0v) is 19.1. The van der Waals surface area contributed by atoms with E-state index in [9.17, 15) is 4.79 Å². The Balaban J connectivity index is 1.39. The number of carbonyl (C=O) groups excluding carboxylic acids is 1. The molecule has 0 unspecified atom stereocenters. The van der Waals surface area contributed by atoms with Gasteiger partial charge in [-0.15, -0.1) is 0 Å². The number of nitrogens with one attached hydrogen (secondary N) is 1. The fourth-order valence-electron chi connectivity index (χ4n) is 4.39. The van der Waals surface area contributed by atoms with Gasteiger partial charge in [-0.1, -0.05) is 49.0 Å². The Hall–Kier alpha value is -4.20. The zero-order chi connectivity index (χ0) is 23.7. The van der Waals surface area contributed by atoms with Gasteiger partial charge in [0.15, 0.2) is 5.65 Å². The molecule has 0 atom stereocenters. The maximum atomic E-state index is 11.9. The molecule has 0 saturated heterocycles. The lowest BCUT2D eigenvalue weighted by atomic mass is 9.85. The summed E-state index contributed by atoms with van der Waals surface area (Å²) in [5.74, 6) is 0.346. The van der Waals surface area contributed by atoms with Crippen LogP contribution in [0.3, 0.4) is 0 Å². The molecule has 1 aliphatic rings. The zero-order valence-electron chi connectivity index (χ0n) is 19.1. The number of benzene rings is 2. The molecule has 8 heteroatoms. The van der Waals surface area contributed by atoms with Crippen molar-refractivity contribution < 1.29 is 4.79 Å². The van der Waals surface area contributed by atoms with Crippen LogP contribution in [0.25, 0.3) is 22.3 Å². The molecule has 0 spiro atoms. The van der Waals surface area contributed by atoms with E-state index in [1.807, 2.05) is 42.1 Å². The third kappa shape index (κ3) is 3.98. The fourth-order valence-corrected chi connectivity index (χ4v) is 4.39. The molecule has 34 heavy (non-hydrogen) atoms. The number of fused-ring (bicyclic) bond motifs is 1. The first-order valence-electron chi connectivity index (χ1n) is 11.3. The Bertz CT molecular complexity index is 1320. The molecule has 0 aliphatic heterocycles. The first-order chi connectivity index (χ1) is 16.5. The summed E-state index contributed by atoms with van der Waals surface area (Å²) in [6.45, 7) is 4.30. The van der Waals surface area contributed by atoms with Crippen molar-refractivity contribution in [3.8, 4) is 11.3 Å². The van der Waals surface area contributed by atoms with E-state index in [1.54, 1.807) is 4.90 Å². The van der Waals surface area contributed by atoms with Gasteiger partial charge >= 0.3 is 0 Å². The molecule has 0 radical (unpaired) electrons. The molecule has 3 N–H and O–H groups in total. The van der Waals surface area contributed by atoms with Crippen LogP contribution in [-0.4, -0.2) is 43.6 Å². The van der Waals surface area contributed by atoms with Crippen molar-refractivity contribution in [1.29, 1.82) is 0 Å². The number of carbonyl (C=O) groups is 1. The van der Waals surface area contributed by atoms with Gasteiger partial charge in [-0.3, -0.25) is 4.79 Å². The average molecular weight is 454 g/mol. The van der Waals surface area contributed by atoms with Crippen LogP contribution in [0.4, 0.5) is 11.5 Å². The number of hydrogen-bond acceptors (Lipinski definition) is 6. The maximum Gasteiger partial charge on any atom is 0.245 e. The second-order valence-electron chi connectivity index (χ2n) is 8.60. The summed E-state index contributed by atoms with van der Waals surface area (Å²) in [7, 11) is 1.81. The summed E-state index contributed by atoms with van der Waals surface area (Å²) in [6, 6.07) is 18.7. The fraction of sp³-hybridized carbons (Fsp3) is 0.231. The molecular formula is C26H27N7O. The van der Waals surface area contributed by atoms with Crippen molar-refractivity contribution in [3.05, 3.63) is 79.1 Å². The largest absolute Gasteiger partial charge is 0.383 e. The molecule has 2 aromatic carbocycles. The van der Waals surface area contributed by atoms with Gasteiger partial charge in [-0.2, -0.15) is 5.10 Å². The lowest BCUT2D eigenvalue weighted by Gasteiger charge is -2.40.